The second-order valence-corrected chi connectivity index (χ2v) is 7.41. The summed E-state index contributed by atoms with van der Waals surface area (Å²) < 4.78 is 23.6. The van der Waals surface area contributed by atoms with E-state index in [4.69, 9.17) is 5.73 Å². The fourth-order valence-corrected chi connectivity index (χ4v) is 3.86. The molecule has 0 spiro atoms. The van der Waals surface area contributed by atoms with Gasteiger partial charge in [-0.05, 0) is 32.0 Å². The van der Waals surface area contributed by atoms with Crippen molar-refractivity contribution in [3.8, 4) is 0 Å². The van der Waals surface area contributed by atoms with Crippen molar-refractivity contribution >= 4 is 21.4 Å². The highest BCUT2D eigenvalue weighted by Crippen LogP contribution is 2.21. The van der Waals surface area contributed by atoms with Crippen LogP contribution in [0, 0.1) is 0 Å². The van der Waals surface area contributed by atoms with Crippen LogP contribution in [0.15, 0.2) is 24.3 Å². The summed E-state index contributed by atoms with van der Waals surface area (Å²) in [5, 5.41) is -0.536. The van der Waals surface area contributed by atoms with Crippen LogP contribution in [0.2, 0.25) is 0 Å². The zero-order chi connectivity index (χ0) is 14.2. The van der Waals surface area contributed by atoms with E-state index in [1.165, 1.54) is 0 Å². The number of carbonyl (C=O) groups is 1. The molecule has 2 rings (SSSR count). The predicted molar refractivity (Wildman–Crippen MR) is 74.6 cm³/mol. The lowest BCUT2D eigenvalue weighted by molar-refractivity contribution is 0.0693. The normalized spacial score (nSPS) is 26.1. The second kappa shape index (κ2) is 4.85. The fraction of sp³-hybridized carbons (Fsp3) is 0.462. The summed E-state index contributed by atoms with van der Waals surface area (Å²) in [6, 6.07) is 6.41. The number of sulfone groups is 1. The number of hydrogen-bond acceptors (Lipinski definition) is 4. The van der Waals surface area contributed by atoms with Gasteiger partial charge in [0, 0.05) is 23.8 Å². The van der Waals surface area contributed by atoms with E-state index < -0.39 is 15.1 Å². The first-order valence-corrected chi connectivity index (χ1v) is 7.92. The molecule has 1 fully saturated rings. The number of amides is 1. The molecule has 6 heteroatoms. The molecule has 104 valence electrons. The first kappa shape index (κ1) is 13.9. The van der Waals surface area contributed by atoms with Crippen LogP contribution in [0.4, 0.5) is 5.69 Å². The summed E-state index contributed by atoms with van der Waals surface area (Å²) in [4.78, 5) is 14.0. The Balaban J connectivity index is 2.26. The molecule has 19 heavy (non-hydrogen) atoms. The average molecular weight is 282 g/mol. The van der Waals surface area contributed by atoms with Gasteiger partial charge in [0.25, 0.3) is 5.91 Å². The van der Waals surface area contributed by atoms with Gasteiger partial charge >= 0.3 is 0 Å². The first-order chi connectivity index (χ1) is 8.83. The van der Waals surface area contributed by atoms with E-state index in [1.54, 1.807) is 43.0 Å². The molecular weight excluding hydrogens is 264 g/mol. The van der Waals surface area contributed by atoms with Crippen molar-refractivity contribution < 1.29 is 13.2 Å². The van der Waals surface area contributed by atoms with Crippen LogP contribution in [-0.2, 0) is 9.84 Å². The lowest BCUT2D eigenvalue weighted by Gasteiger charge is -2.37. The zero-order valence-electron chi connectivity index (χ0n) is 11.0. The van der Waals surface area contributed by atoms with Crippen molar-refractivity contribution in [1.82, 2.24) is 4.90 Å². The van der Waals surface area contributed by atoms with Gasteiger partial charge in [-0.3, -0.25) is 4.79 Å². The SMILES string of the molecule is CC1C(C)S(=O)(=O)CCN1C(=O)c1cccc(N)c1. The van der Waals surface area contributed by atoms with Crippen molar-refractivity contribution in [3.05, 3.63) is 29.8 Å². The lowest BCUT2D eigenvalue weighted by Crippen LogP contribution is -2.54. The van der Waals surface area contributed by atoms with Gasteiger partial charge in [0.1, 0.15) is 0 Å². The topological polar surface area (TPSA) is 80.5 Å². The third kappa shape index (κ3) is 2.58. The molecule has 0 aliphatic carbocycles. The maximum absolute atomic E-state index is 12.4. The minimum atomic E-state index is -3.09. The fourth-order valence-electron chi connectivity index (χ4n) is 2.29. The van der Waals surface area contributed by atoms with Crippen LogP contribution in [0.1, 0.15) is 24.2 Å². The number of carbonyl (C=O) groups excluding carboxylic acids is 1. The third-order valence-electron chi connectivity index (χ3n) is 3.75. The summed E-state index contributed by atoms with van der Waals surface area (Å²) in [5.41, 5.74) is 6.69. The number of nitrogen functional groups attached to an aromatic ring is 1. The molecule has 2 atom stereocenters. The quantitative estimate of drug-likeness (QED) is 0.777. The Labute approximate surface area is 113 Å². The summed E-state index contributed by atoms with van der Waals surface area (Å²) in [7, 11) is -3.09. The monoisotopic (exact) mass is 282 g/mol. The van der Waals surface area contributed by atoms with E-state index in [-0.39, 0.29) is 24.2 Å². The minimum Gasteiger partial charge on any atom is -0.399 e. The zero-order valence-corrected chi connectivity index (χ0v) is 11.9. The third-order valence-corrected chi connectivity index (χ3v) is 6.03. The van der Waals surface area contributed by atoms with Crippen molar-refractivity contribution in [1.29, 1.82) is 0 Å². The lowest BCUT2D eigenvalue weighted by atomic mass is 10.1. The molecule has 1 aliphatic heterocycles. The second-order valence-electron chi connectivity index (χ2n) is 4.94. The Morgan fingerprint density at radius 3 is 2.68 bits per heavy atom. The highest BCUT2D eigenvalue weighted by atomic mass is 32.2. The van der Waals surface area contributed by atoms with Crippen molar-refractivity contribution in [2.24, 2.45) is 0 Å². The van der Waals surface area contributed by atoms with Gasteiger partial charge < -0.3 is 10.6 Å². The Hall–Kier alpha value is -1.56. The van der Waals surface area contributed by atoms with Crippen LogP contribution >= 0.6 is 0 Å². The molecule has 1 aliphatic rings. The molecule has 0 radical (unpaired) electrons. The molecular formula is C13H18N2O3S. The maximum atomic E-state index is 12.4. The standard InChI is InChI=1S/C13H18N2O3S/c1-9-10(2)19(17,18)7-6-15(9)13(16)11-4-3-5-12(14)8-11/h3-5,8-10H,6-7,14H2,1-2H3. The van der Waals surface area contributed by atoms with Gasteiger partial charge in [0.2, 0.25) is 0 Å². The van der Waals surface area contributed by atoms with Gasteiger partial charge in [-0.2, -0.15) is 0 Å². The van der Waals surface area contributed by atoms with E-state index in [0.717, 1.165) is 0 Å². The van der Waals surface area contributed by atoms with Crippen molar-refractivity contribution in [2.45, 2.75) is 25.1 Å². The highest BCUT2D eigenvalue weighted by molar-refractivity contribution is 7.92. The maximum Gasteiger partial charge on any atom is 0.254 e. The molecule has 0 bridgehead atoms. The van der Waals surface area contributed by atoms with Crippen LogP contribution < -0.4 is 5.73 Å². The predicted octanol–water partition coefficient (Wildman–Crippen LogP) is 0.916. The Kier molecular flexibility index (Phi) is 3.54. The molecule has 1 amide bonds. The van der Waals surface area contributed by atoms with E-state index in [9.17, 15) is 13.2 Å². The summed E-state index contributed by atoms with van der Waals surface area (Å²) in [6.45, 7) is 3.66. The van der Waals surface area contributed by atoms with Crippen LogP contribution in [0.5, 0.6) is 0 Å². The Bertz CT molecular complexity index is 598. The number of anilines is 1. The summed E-state index contributed by atoms with van der Waals surface area (Å²) in [6.07, 6.45) is 0. The molecule has 5 nitrogen and oxygen atoms in total. The molecule has 1 heterocycles. The molecule has 1 saturated heterocycles. The van der Waals surface area contributed by atoms with E-state index >= 15 is 0 Å². The Morgan fingerprint density at radius 2 is 2.05 bits per heavy atom. The summed E-state index contributed by atoms with van der Waals surface area (Å²) in [5.74, 6) is -0.145. The van der Waals surface area contributed by atoms with Gasteiger partial charge in [0.05, 0.1) is 11.0 Å². The van der Waals surface area contributed by atoms with Gasteiger partial charge in [-0.25, -0.2) is 8.42 Å². The van der Waals surface area contributed by atoms with Crippen LogP contribution in [0.3, 0.4) is 0 Å². The van der Waals surface area contributed by atoms with Crippen molar-refractivity contribution in [2.75, 3.05) is 18.0 Å². The minimum absolute atomic E-state index is 0.0204. The number of nitrogens with two attached hydrogens (primary N) is 1. The van der Waals surface area contributed by atoms with Gasteiger partial charge in [-0.1, -0.05) is 6.07 Å². The average Bonchev–Trinajstić information content (AvgIpc) is 2.36. The molecule has 0 aromatic heterocycles. The van der Waals surface area contributed by atoms with Crippen molar-refractivity contribution in [3.63, 3.8) is 0 Å². The van der Waals surface area contributed by atoms with E-state index in [1.807, 2.05) is 0 Å². The van der Waals surface area contributed by atoms with Gasteiger partial charge in [-0.15, -0.1) is 0 Å². The van der Waals surface area contributed by atoms with Gasteiger partial charge in [0.15, 0.2) is 9.84 Å². The smallest absolute Gasteiger partial charge is 0.254 e. The number of rotatable bonds is 1. The summed E-state index contributed by atoms with van der Waals surface area (Å²) >= 11 is 0. The van der Waals surface area contributed by atoms with E-state index in [0.29, 0.717) is 11.3 Å². The first-order valence-electron chi connectivity index (χ1n) is 6.21. The highest BCUT2D eigenvalue weighted by Gasteiger charge is 2.38. The molecule has 2 unspecified atom stereocenters. The number of benzene rings is 1. The van der Waals surface area contributed by atoms with E-state index in [2.05, 4.69) is 0 Å². The molecule has 0 saturated carbocycles. The Morgan fingerprint density at radius 1 is 1.37 bits per heavy atom. The molecule has 1 aromatic rings. The molecule has 1 aromatic carbocycles. The largest absolute Gasteiger partial charge is 0.399 e. The molecule has 2 N–H and O–H groups in total. The van der Waals surface area contributed by atoms with Crippen LogP contribution in [0.25, 0.3) is 0 Å². The number of nitrogens with zero attached hydrogens (tertiary/aromatic N) is 1. The van der Waals surface area contributed by atoms with Crippen LogP contribution in [-0.4, -0.2) is 42.8 Å². The number of hydrogen-bond donors (Lipinski definition) is 1.